The first kappa shape index (κ1) is 21.9. The molecule has 2 aromatic carbocycles. The summed E-state index contributed by atoms with van der Waals surface area (Å²) in [5, 5.41) is 18.9. The van der Waals surface area contributed by atoms with Crippen molar-refractivity contribution >= 4 is 28.4 Å². The second-order valence-electron chi connectivity index (χ2n) is 10.1. The Morgan fingerprint density at radius 1 is 1.09 bits per heavy atom. The molecule has 9 heteroatoms. The summed E-state index contributed by atoms with van der Waals surface area (Å²) in [7, 11) is 0. The van der Waals surface area contributed by atoms with Gasteiger partial charge in [0.1, 0.15) is 23.6 Å². The summed E-state index contributed by atoms with van der Waals surface area (Å²) < 4.78 is 1.42. The zero-order chi connectivity index (χ0) is 24.6. The van der Waals surface area contributed by atoms with Gasteiger partial charge in [0.2, 0.25) is 11.8 Å². The minimum atomic E-state index is -1.60. The number of aromatic nitrogens is 2. The van der Waals surface area contributed by atoms with E-state index in [0.717, 1.165) is 0 Å². The number of amides is 2. The molecule has 0 aliphatic carbocycles. The first-order valence-corrected chi connectivity index (χ1v) is 11.9. The summed E-state index contributed by atoms with van der Waals surface area (Å²) in [6.45, 7) is 5.68. The highest BCUT2D eigenvalue weighted by molar-refractivity contribution is 6.03. The molecular weight excluding hydrogens is 446 g/mol. The number of carbonyl (C=O) groups is 2. The third kappa shape index (κ3) is 2.94. The predicted molar refractivity (Wildman–Crippen MR) is 130 cm³/mol. The highest BCUT2D eigenvalue weighted by Crippen LogP contribution is 2.50. The van der Waals surface area contributed by atoms with Crippen LogP contribution in [0.2, 0.25) is 0 Å². The van der Waals surface area contributed by atoms with Crippen LogP contribution < -0.4 is 21.1 Å². The first-order valence-electron chi connectivity index (χ1n) is 11.9. The number of rotatable bonds is 3. The van der Waals surface area contributed by atoms with Gasteiger partial charge in [0.25, 0.3) is 5.56 Å². The van der Waals surface area contributed by atoms with Gasteiger partial charge >= 0.3 is 0 Å². The van der Waals surface area contributed by atoms with Crippen molar-refractivity contribution in [3.05, 3.63) is 70.3 Å². The quantitative estimate of drug-likeness (QED) is 0.533. The molecule has 3 aromatic rings. The van der Waals surface area contributed by atoms with E-state index in [-0.39, 0.29) is 29.7 Å². The van der Waals surface area contributed by atoms with Crippen LogP contribution >= 0.6 is 0 Å². The number of hydrogen-bond donors (Lipinski definition) is 3. The lowest BCUT2D eigenvalue weighted by Crippen LogP contribution is -2.54. The number of hydrogen-bond acceptors (Lipinski definition) is 6. The molecule has 1 saturated heterocycles. The summed E-state index contributed by atoms with van der Waals surface area (Å²) in [5.41, 5.74) is -0.179. The first-order chi connectivity index (χ1) is 16.7. The molecule has 3 aliphatic rings. The van der Waals surface area contributed by atoms with Crippen LogP contribution in [0, 0.1) is 5.92 Å². The number of carbonyl (C=O) groups excluding carboxylic acids is 2. The Labute approximate surface area is 201 Å². The van der Waals surface area contributed by atoms with Crippen LogP contribution in [0.1, 0.15) is 50.7 Å². The van der Waals surface area contributed by atoms with Crippen LogP contribution in [0.25, 0.3) is 10.9 Å². The predicted octanol–water partition coefficient (Wildman–Crippen LogP) is 1.71. The SMILES string of the molecule is CC(C)[C@@H]1N[C@@H]2N(C1=O)c1ccccc1[C@]2(O)C[C@@H]1C(=O)N[C@@H](C)c2nc3ccccc3c(=O)n21. The largest absolute Gasteiger partial charge is 0.381 e. The molecule has 3 aliphatic heterocycles. The van der Waals surface area contributed by atoms with Gasteiger partial charge in [0, 0.05) is 12.0 Å². The Kier molecular flexibility index (Phi) is 4.68. The summed E-state index contributed by atoms with van der Waals surface area (Å²) >= 11 is 0. The van der Waals surface area contributed by atoms with Crippen molar-refractivity contribution in [2.24, 2.45) is 5.92 Å². The maximum Gasteiger partial charge on any atom is 0.262 e. The molecule has 0 saturated carbocycles. The summed E-state index contributed by atoms with van der Waals surface area (Å²) in [4.78, 5) is 46.5. The normalized spacial score (nSPS) is 29.3. The van der Waals surface area contributed by atoms with E-state index in [9.17, 15) is 19.5 Å². The summed E-state index contributed by atoms with van der Waals surface area (Å²) in [6.07, 6.45) is -0.846. The van der Waals surface area contributed by atoms with E-state index in [1.165, 1.54) is 4.57 Å². The van der Waals surface area contributed by atoms with E-state index in [0.29, 0.717) is 28.0 Å². The monoisotopic (exact) mass is 473 g/mol. The fraction of sp³-hybridized carbons (Fsp3) is 0.385. The van der Waals surface area contributed by atoms with Crippen molar-refractivity contribution in [2.45, 2.75) is 57.1 Å². The molecule has 1 aromatic heterocycles. The van der Waals surface area contributed by atoms with E-state index >= 15 is 0 Å². The Morgan fingerprint density at radius 3 is 2.57 bits per heavy atom. The van der Waals surface area contributed by atoms with E-state index < -0.39 is 29.9 Å². The van der Waals surface area contributed by atoms with Gasteiger partial charge in [-0.1, -0.05) is 44.2 Å². The fourth-order valence-electron chi connectivity index (χ4n) is 5.84. The lowest BCUT2D eigenvalue weighted by atomic mass is 9.85. The third-order valence-electron chi connectivity index (χ3n) is 7.55. The molecule has 180 valence electrons. The molecule has 0 spiro atoms. The second kappa shape index (κ2) is 7.47. The van der Waals surface area contributed by atoms with Gasteiger partial charge in [0.15, 0.2) is 0 Å². The summed E-state index contributed by atoms with van der Waals surface area (Å²) in [5.74, 6) is -0.0126. The molecule has 1 fully saturated rings. The van der Waals surface area contributed by atoms with Crippen molar-refractivity contribution in [1.29, 1.82) is 0 Å². The Morgan fingerprint density at radius 2 is 1.80 bits per heavy atom. The topological polar surface area (TPSA) is 117 Å². The number of para-hydroxylation sites is 2. The second-order valence-corrected chi connectivity index (χ2v) is 10.1. The molecule has 5 atom stereocenters. The number of aliphatic hydroxyl groups is 1. The minimum Gasteiger partial charge on any atom is -0.381 e. The lowest BCUT2D eigenvalue weighted by Gasteiger charge is -2.37. The number of nitrogens with one attached hydrogen (secondary N) is 2. The van der Waals surface area contributed by atoms with Gasteiger partial charge in [-0.15, -0.1) is 0 Å². The van der Waals surface area contributed by atoms with Crippen LogP contribution in [-0.4, -0.2) is 38.7 Å². The van der Waals surface area contributed by atoms with Gasteiger partial charge in [-0.3, -0.25) is 29.2 Å². The van der Waals surface area contributed by atoms with Gasteiger partial charge in [-0.2, -0.15) is 0 Å². The van der Waals surface area contributed by atoms with Crippen molar-refractivity contribution in [2.75, 3.05) is 4.90 Å². The van der Waals surface area contributed by atoms with Crippen molar-refractivity contribution in [3.8, 4) is 0 Å². The van der Waals surface area contributed by atoms with Gasteiger partial charge in [0.05, 0.1) is 28.7 Å². The van der Waals surface area contributed by atoms with E-state index in [2.05, 4.69) is 15.6 Å². The molecule has 6 rings (SSSR count). The number of anilines is 1. The molecule has 0 unspecified atom stereocenters. The van der Waals surface area contributed by atoms with Gasteiger partial charge in [-0.25, -0.2) is 4.98 Å². The van der Waals surface area contributed by atoms with Crippen LogP contribution in [-0.2, 0) is 15.2 Å². The van der Waals surface area contributed by atoms with Crippen molar-refractivity contribution in [3.63, 3.8) is 0 Å². The van der Waals surface area contributed by atoms with E-state index in [4.69, 9.17) is 0 Å². The Hall–Kier alpha value is -3.56. The standard InChI is InChI=1S/C26H27N5O4/c1-13(2)20-24(34)31-18-11-7-5-9-16(18)26(35,25(31)29-20)12-19-22(32)27-14(3)21-28-17-10-6-4-8-15(17)23(33)30(19)21/h4-11,13-14,19-20,25,29,35H,12H2,1-3H3,(H,27,32)/t14-,19+,20-,25+,26+/m0/s1. The van der Waals surface area contributed by atoms with Crippen molar-refractivity contribution < 1.29 is 14.7 Å². The molecule has 2 amide bonds. The molecular formula is C26H27N5O4. The highest BCUT2D eigenvalue weighted by Gasteiger charge is 2.59. The maximum absolute atomic E-state index is 13.6. The van der Waals surface area contributed by atoms with Crippen LogP contribution in [0.3, 0.4) is 0 Å². The Balaban J connectivity index is 1.51. The van der Waals surface area contributed by atoms with E-state index in [1.54, 1.807) is 48.2 Å². The average molecular weight is 474 g/mol. The Bertz CT molecular complexity index is 1450. The van der Waals surface area contributed by atoms with Crippen LogP contribution in [0.15, 0.2) is 53.3 Å². The zero-order valence-electron chi connectivity index (χ0n) is 19.7. The van der Waals surface area contributed by atoms with E-state index in [1.807, 2.05) is 26.0 Å². The highest BCUT2D eigenvalue weighted by atomic mass is 16.3. The van der Waals surface area contributed by atoms with Gasteiger partial charge in [-0.05, 0) is 31.0 Å². The molecule has 35 heavy (non-hydrogen) atoms. The molecule has 0 radical (unpaired) electrons. The zero-order valence-corrected chi connectivity index (χ0v) is 19.7. The fourth-order valence-corrected chi connectivity index (χ4v) is 5.84. The maximum atomic E-state index is 13.6. The number of nitrogens with zero attached hydrogens (tertiary/aromatic N) is 3. The number of fused-ring (bicyclic) bond motifs is 5. The number of benzene rings is 2. The van der Waals surface area contributed by atoms with Gasteiger partial charge < -0.3 is 10.4 Å². The molecule has 0 bridgehead atoms. The molecule has 4 heterocycles. The average Bonchev–Trinajstić information content (AvgIpc) is 3.31. The van der Waals surface area contributed by atoms with Crippen molar-refractivity contribution in [1.82, 2.24) is 20.2 Å². The molecule has 3 N–H and O–H groups in total. The lowest BCUT2D eigenvalue weighted by molar-refractivity contribution is -0.129. The molecule has 9 nitrogen and oxygen atoms in total. The summed E-state index contributed by atoms with van der Waals surface area (Å²) in [6, 6.07) is 12.3. The minimum absolute atomic E-state index is 0.0160. The van der Waals surface area contributed by atoms with Crippen LogP contribution in [0.4, 0.5) is 5.69 Å². The van der Waals surface area contributed by atoms with Crippen LogP contribution in [0.5, 0.6) is 0 Å². The smallest absolute Gasteiger partial charge is 0.262 e. The third-order valence-corrected chi connectivity index (χ3v) is 7.55.